The second-order valence-corrected chi connectivity index (χ2v) is 7.90. The van der Waals surface area contributed by atoms with Gasteiger partial charge >= 0.3 is 0 Å². The summed E-state index contributed by atoms with van der Waals surface area (Å²) < 4.78 is 5.73. The predicted octanol–water partition coefficient (Wildman–Crippen LogP) is 2.38. The minimum absolute atomic E-state index is 0.000153. The molecule has 6 nitrogen and oxygen atoms in total. The third-order valence-electron chi connectivity index (χ3n) is 5.88. The number of nitrogens with zero attached hydrogens (tertiary/aromatic N) is 3. The first-order valence-corrected chi connectivity index (χ1v) is 10.6. The molecule has 0 saturated carbocycles. The van der Waals surface area contributed by atoms with Gasteiger partial charge in [0, 0.05) is 39.3 Å². The molecular weight excluding hydrogens is 366 g/mol. The van der Waals surface area contributed by atoms with Crippen LogP contribution in [0, 0.1) is 0 Å². The fraction of sp³-hybridized carbons (Fsp3) is 0.478. The third-order valence-corrected chi connectivity index (χ3v) is 5.88. The van der Waals surface area contributed by atoms with Gasteiger partial charge in [-0.3, -0.25) is 14.5 Å². The number of rotatable bonds is 5. The number of benzene rings is 2. The van der Waals surface area contributed by atoms with E-state index in [1.807, 2.05) is 46.2 Å². The molecule has 0 aromatic heterocycles. The van der Waals surface area contributed by atoms with E-state index in [9.17, 15) is 9.59 Å². The molecule has 0 unspecified atom stereocenters. The molecule has 2 amide bonds. The van der Waals surface area contributed by atoms with Gasteiger partial charge in [0.2, 0.25) is 5.91 Å². The first-order valence-electron chi connectivity index (χ1n) is 10.6. The van der Waals surface area contributed by atoms with Gasteiger partial charge in [-0.2, -0.15) is 0 Å². The highest BCUT2D eigenvalue weighted by Crippen LogP contribution is 2.20. The van der Waals surface area contributed by atoms with Crippen molar-refractivity contribution in [3.8, 4) is 5.75 Å². The molecule has 6 heteroatoms. The summed E-state index contributed by atoms with van der Waals surface area (Å²) in [5, 5.41) is 2.26. The van der Waals surface area contributed by atoms with Crippen molar-refractivity contribution in [2.75, 3.05) is 52.4 Å². The van der Waals surface area contributed by atoms with Crippen molar-refractivity contribution in [1.82, 2.24) is 14.7 Å². The molecule has 154 valence electrons. The molecular formula is C23H29N3O3. The number of amides is 2. The Balaban J connectivity index is 1.21. The van der Waals surface area contributed by atoms with Crippen molar-refractivity contribution < 1.29 is 14.3 Å². The summed E-state index contributed by atoms with van der Waals surface area (Å²) in [6.45, 7) is 5.07. The molecule has 2 fully saturated rings. The van der Waals surface area contributed by atoms with Crippen molar-refractivity contribution in [3.63, 3.8) is 0 Å². The second kappa shape index (κ2) is 9.27. The summed E-state index contributed by atoms with van der Waals surface area (Å²) in [5.41, 5.74) is 0. The molecule has 2 aliphatic heterocycles. The minimum Gasteiger partial charge on any atom is -0.484 e. The lowest BCUT2D eigenvalue weighted by Crippen LogP contribution is -2.52. The number of carbonyl (C=O) groups excluding carboxylic acids is 2. The zero-order valence-electron chi connectivity index (χ0n) is 16.9. The van der Waals surface area contributed by atoms with Crippen LogP contribution in [0.25, 0.3) is 10.8 Å². The smallest absolute Gasteiger partial charge is 0.260 e. The lowest BCUT2D eigenvalue weighted by molar-refractivity contribution is -0.136. The van der Waals surface area contributed by atoms with Crippen LogP contribution in [0.1, 0.15) is 19.3 Å². The van der Waals surface area contributed by atoms with Crippen molar-refractivity contribution in [1.29, 1.82) is 0 Å². The van der Waals surface area contributed by atoms with Crippen LogP contribution in [0.5, 0.6) is 5.75 Å². The Kier molecular flexibility index (Phi) is 6.30. The van der Waals surface area contributed by atoms with E-state index in [2.05, 4.69) is 11.0 Å². The Morgan fingerprint density at radius 1 is 0.759 bits per heavy atom. The lowest BCUT2D eigenvalue weighted by atomic mass is 10.1. The zero-order valence-corrected chi connectivity index (χ0v) is 16.9. The summed E-state index contributed by atoms with van der Waals surface area (Å²) >= 11 is 0. The minimum atomic E-state index is 0.000153. The Morgan fingerprint density at radius 3 is 2.21 bits per heavy atom. The van der Waals surface area contributed by atoms with Crippen LogP contribution in [0.2, 0.25) is 0 Å². The molecule has 0 N–H and O–H groups in total. The molecule has 0 radical (unpaired) electrons. The van der Waals surface area contributed by atoms with Gasteiger partial charge in [0.05, 0.1) is 6.54 Å². The zero-order chi connectivity index (χ0) is 20.1. The standard InChI is InChI=1S/C23H29N3O3/c27-22(25-10-4-1-5-11-25)17-24-12-14-26(15-13-24)23(28)18-29-21-9-8-19-6-2-3-7-20(19)16-21/h2-3,6-9,16H,1,4-5,10-15,17-18H2. The molecule has 2 heterocycles. The largest absolute Gasteiger partial charge is 0.484 e. The average Bonchev–Trinajstić information content (AvgIpc) is 2.78. The maximum Gasteiger partial charge on any atom is 0.260 e. The van der Waals surface area contributed by atoms with E-state index >= 15 is 0 Å². The number of hydrogen-bond acceptors (Lipinski definition) is 4. The molecule has 2 saturated heterocycles. The van der Waals surface area contributed by atoms with Gasteiger partial charge < -0.3 is 14.5 Å². The van der Waals surface area contributed by atoms with Crippen LogP contribution in [0.4, 0.5) is 0 Å². The number of hydrogen-bond donors (Lipinski definition) is 0. The van der Waals surface area contributed by atoms with Crippen molar-refractivity contribution >= 4 is 22.6 Å². The van der Waals surface area contributed by atoms with E-state index in [4.69, 9.17) is 4.74 Å². The van der Waals surface area contributed by atoms with E-state index in [1.165, 1.54) is 6.42 Å². The molecule has 0 bridgehead atoms. The molecule has 2 aliphatic rings. The van der Waals surface area contributed by atoms with Gasteiger partial charge in [-0.05, 0) is 42.2 Å². The first kappa shape index (κ1) is 19.7. The third kappa shape index (κ3) is 5.07. The van der Waals surface area contributed by atoms with E-state index < -0.39 is 0 Å². The average molecular weight is 396 g/mol. The van der Waals surface area contributed by atoms with Gasteiger partial charge in [0.15, 0.2) is 6.61 Å². The van der Waals surface area contributed by atoms with Gasteiger partial charge in [-0.25, -0.2) is 0 Å². The summed E-state index contributed by atoms with van der Waals surface area (Å²) in [4.78, 5) is 30.9. The highest BCUT2D eigenvalue weighted by molar-refractivity contribution is 5.84. The van der Waals surface area contributed by atoms with Gasteiger partial charge in [0.25, 0.3) is 5.91 Å². The summed E-state index contributed by atoms with van der Waals surface area (Å²) in [7, 11) is 0. The first-order chi connectivity index (χ1) is 14.2. The number of piperidine rings is 1. The molecule has 2 aromatic carbocycles. The topological polar surface area (TPSA) is 53.1 Å². The fourth-order valence-corrected chi connectivity index (χ4v) is 4.08. The number of carbonyl (C=O) groups is 2. The van der Waals surface area contributed by atoms with E-state index in [0.717, 1.165) is 49.8 Å². The second-order valence-electron chi connectivity index (χ2n) is 7.90. The van der Waals surface area contributed by atoms with Gasteiger partial charge in [-0.15, -0.1) is 0 Å². The van der Waals surface area contributed by atoms with E-state index in [0.29, 0.717) is 25.4 Å². The molecule has 2 aromatic rings. The summed E-state index contributed by atoms with van der Waals surface area (Å²) in [6.07, 6.45) is 3.46. The van der Waals surface area contributed by atoms with Crippen LogP contribution in [-0.4, -0.2) is 78.9 Å². The molecule has 0 spiro atoms. The lowest BCUT2D eigenvalue weighted by Gasteiger charge is -2.36. The van der Waals surface area contributed by atoms with Crippen LogP contribution in [0.15, 0.2) is 42.5 Å². The number of ether oxygens (including phenoxy) is 1. The SMILES string of the molecule is O=C(COc1ccc2ccccc2c1)N1CCN(CC(=O)N2CCCCC2)CC1. The molecule has 0 aliphatic carbocycles. The quantitative estimate of drug-likeness (QED) is 0.780. The number of fused-ring (bicyclic) bond motifs is 1. The highest BCUT2D eigenvalue weighted by atomic mass is 16.5. The number of likely N-dealkylation sites (tertiary alicyclic amines) is 1. The van der Waals surface area contributed by atoms with Crippen molar-refractivity contribution in [2.24, 2.45) is 0 Å². The monoisotopic (exact) mass is 395 g/mol. The van der Waals surface area contributed by atoms with Crippen molar-refractivity contribution in [3.05, 3.63) is 42.5 Å². The predicted molar refractivity (Wildman–Crippen MR) is 113 cm³/mol. The maximum atomic E-state index is 12.5. The van der Waals surface area contributed by atoms with E-state index in [-0.39, 0.29) is 18.4 Å². The van der Waals surface area contributed by atoms with Gasteiger partial charge in [-0.1, -0.05) is 30.3 Å². The Morgan fingerprint density at radius 2 is 1.45 bits per heavy atom. The van der Waals surface area contributed by atoms with Crippen LogP contribution >= 0.6 is 0 Å². The normalized spacial score (nSPS) is 18.1. The number of piperazine rings is 1. The Hall–Kier alpha value is -2.60. The molecule has 4 rings (SSSR count). The fourth-order valence-electron chi connectivity index (χ4n) is 4.08. The maximum absolute atomic E-state index is 12.5. The summed E-state index contributed by atoms with van der Waals surface area (Å²) in [6, 6.07) is 14.0. The Labute approximate surface area is 172 Å². The highest BCUT2D eigenvalue weighted by Gasteiger charge is 2.25. The van der Waals surface area contributed by atoms with E-state index in [1.54, 1.807) is 0 Å². The van der Waals surface area contributed by atoms with Gasteiger partial charge in [0.1, 0.15) is 5.75 Å². The van der Waals surface area contributed by atoms with Crippen LogP contribution < -0.4 is 4.74 Å². The van der Waals surface area contributed by atoms with Crippen LogP contribution in [-0.2, 0) is 9.59 Å². The Bertz CT molecular complexity index is 855. The van der Waals surface area contributed by atoms with Crippen LogP contribution in [0.3, 0.4) is 0 Å². The summed E-state index contributed by atoms with van der Waals surface area (Å²) in [5.74, 6) is 0.937. The van der Waals surface area contributed by atoms with Crippen molar-refractivity contribution in [2.45, 2.75) is 19.3 Å². The molecule has 0 atom stereocenters. The molecule has 29 heavy (non-hydrogen) atoms.